The molecule has 0 spiro atoms. The van der Waals surface area contributed by atoms with E-state index in [1.54, 1.807) is 11.3 Å². The molecule has 5 nitrogen and oxygen atoms in total. The van der Waals surface area contributed by atoms with E-state index in [-0.39, 0.29) is 0 Å². The van der Waals surface area contributed by atoms with Gasteiger partial charge >= 0.3 is 0 Å². The molecular formula is C40H25N5S. The monoisotopic (exact) mass is 607 g/mol. The van der Waals surface area contributed by atoms with Gasteiger partial charge in [0, 0.05) is 38.7 Å². The van der Waals surface area contributed by atoms with Gasteiger partial charge in [-0.25, -0.2) is 19.9 Å². The molecule has 0 aliphatic heterocycles. The first kappa shape index (κ1) is 26.4. The van der Waals surface area contributed by atoms with Crippen LogP contribution in [0.15, 0.2) is 152 Å². The van der Waals surface area contributed by atoms with Gasteiger partial charge in [0.25, 0.3) is 0 Å². The van der Waals surface area contributed by atoms with Crippen molar-refractivity contribution in [2.75, 3.05) is 0 Å². The number of rotatable bonds is 5. The molecule has 6 heteroatoms. The van der Waals surface area contributed by atoms with Crippen molar-refractivity contribution in [3.8, 4) is 50.4 Å². The summed E-state index contributed by atoms with van der Waals surface area (Å²) in [5, 5.41) is 3.48. The molecule has 0 bridgehead atoms. The van der Waals surface area contributed by atoms with Crippen LogP contribution < -0.4 is 0 Å². The maximum absolute atomic E-state index is 5.02. The predicted molar refractivity (Wildman–Crippen MR) is 189 cm³/mol. The van der Waals surface area contributed by atoms with Crippen molar-refractivity contribution in [2.45, 2.75) is 0 Å². The lowest BCUT2D eigenvalue weighted by Crippen LogP contribution is -2.00. The lowest BCUT2D eigenvalue weighted by Gasteiger charge is -2.10. The zero-order valence-electron chi connectivity index (χ0n) is 24.6. The predicted octanol–water partition coefficient (Wildman–Crippen LogP) is 10.2. The Morgan fingerprint density at radius 1 is 0.413 bits per heavy atom. The van der Waals surface area contributed by atoms with Crippen molar-refractivity contribution in [1.82, 2.24) is 24.5 Å². The first-order valence-corrected chi connectivity index (χ1v) is 16.0. The summed E-state index contributed by atoms with van der Waals surface area (Å²) in [7, 11) is 0. The summed E-state index contributed by atoms with van der Waals surface area (Å²) in [6, 6.07) is 52.0. The zero-order chi connectivity index (χ0) is 30.5. The Morgan fingerprint density at radius 2 is 0.935 bits per heavy atom. The highest BCUT2D eigenvalue weighted by Crippen LogP contribution is 2.41. The lowest BCUT2D eigenvalue weighted by atomic mass is 10.1. The lowest BCUT2D eigenvalue weighted by molar-refractivity contribution is 1.07. The summed E-state index contributed by atoms with van der Waals surface area (Å²) < 4.78 is 3.54. The Labute approximate surface area is 269 Å². The Bertz CT molecular complexity index is 2440. The van der Waals surface area contributed by atoms with Crippen molar-refractivity contribution in [3.63, 3.8) is 0 Å². The molecular weight excluding hydrogens is 583 g/mol. The average Bonchev–Trinajstić information content (AvgIpc) is 3.72. The van der Waals surface area contributed by atoms with Gasteiger partial charge in [-0.1, -0.05) is 109 Å². The van der Waals surface area contributed by atoms with Crippen LogP contribution in [-0.2, 0) is 0 Å². The van der Waals surface area contributed by atoms with Crippen LogP contribution in [0.3, 0.4) is 0 Å². The molecule has 9 rings (SSSR count). The smallest absolute Gasteiger partial charge is 0.164 e. The van der Waals surface area contributed by atoms with Crippen molar-refractivity contribution in [1.29, 1.82) is 0 Å². The van der Waals surface area contributed by atoms with Crippen LogP contribution in [0.5, 0.6) is 0 Å². The number of para-hydroxylation sites is 1. The third-order valence-electron chi connectivity index (χ3n) is 8.29. The summed E-state index contributed by atoms with van der Waals surface area (Å²) in [4.78, 5) is 19.7. The van der Waals surface area contributed by atoms with Gasteiger partial charge in [-0.3, -0.25) is 0 Å². The number of aromatic nitrogens is 5. The Balaban J connectivity index is 1.18. The highest BCUT2D eigenvalue weighted by atomic mass is 32.1. The molecule has 0 atom stereocenters. The summed E-state index contributed by atoms with van der Waals surface area (Å²) in [6.07, 6.45) is 0. The van der Waals surface area contributed by atoms with Crippen LogP contribution >= 0.6 is 11.3 Å². The Morgan fingerprint density at radius 3 is 1.54 bits per heavy atom. The minimum Gasteiger partial charge on any atom is -0.309 e. The molecule has 6 aromatic carbocycles. The number of nitrogens with zero attached hydrogens (tertiary/aromatic N) is 5. The maximum Gasteiger partial charge on any atom is 0.164 e. The van der Waals surface area contributed by atoms with Gasteiger partial charge in [0.05, 0.1) is 21.3 Å². The van der Waals surface area contributed by atoms with E-state index in [1.807, 2.05) is 66.7 Å². The van der Waals surface area contributed by atoms with Crippen molar-refractivity contribution < 1.29 is 0 Å². The zero-order valence-corrected chi connectivity index (χ0v) is 25.4. The largest absolute Gasteiger partial charge is 0.309 e. The third kappa shape index (κ3) is 4.47. The number of fused-ring (bicyclic) bond motifs is 5. The molecule has 0 N–H and O–H groups in total. The molecule has 0 saturated carbocycles. The summed E-state index contributed by atoms with van der Waals surface area (Å²) in [5.74, 6) is 1.94. The van der Waals surface area contributed by atoms with E-state index in [4.69, 9.17) is 19.9 Å². The fourth-order valence-corrected chi connectivity index (χ4v) is 7.24. The van der Waals surface area contributed by atoms with E-state index < -0.39 is 0 Å². The third-order valence-corrected chi connectivity index (χ3v) is 9.43. The van der Waals surface area contributed by atoms with Crippen molar-refractivity contribution in [3.05, 3.63) is 152 Å². The number of hydrogen-bond donors (Lipinski definition) is 0. The van der Waals surface area contributed by atoms with Gasteiger partial charge < -0.3 is 4.57 Å². The minimum absolute atomic E-state index is 0.640. The summed E-state index contributed by atoms with van der Waals surface area (Å²) >= 11 is 1.75. The number of benzene rings is 6. The molecule has 46 heavy (non-hydrogen) atoms. The van der Waals surface area contributed by atoms with Crippen molar-refractivity contribution >= 4 is 43.4 Å². The average molecular weight is 608 g/mol. The second-order valence-electron chi connectivity index (χ2n) is 11.1. The highest BCUT2D eigenvalue weighted by molar-refractivity contribution is 7.22. The van der Waals surface area contributed by atoms with Gasteiger partial charge in [-0.05, 0) is 42.5 Å². The molecule has 0 fully saturated rings. The Kier molecular flexibility index (Phi) is 6.25. The highest BCUT2D eigenvalue weighted by Gasteiger charge is 2.18. The standard InChI is InChI=1S/C40H25N5S/c1-4-12-26(13-5-1)37-42-38(27-14-6-2-7-15-27)44-39(43-37)28-20-22-30(23-21-28)45-33-19-11-10-18-31(33)35-34(45)25-24-32-36(35)46-40(41-32)29-16-8-3-9-17-29/h1-25H. The Hall–Kier alpha value is -5.98. The normalized spacial score (nSPS) is 11.5. The van der Waals surface area contributed by atoms with Gasteiger partial charge in [0.2, 0.25) is 0 Å². The van der Waals surface area contributed by atoms with E-state index in [1.165, 1.54) is 15.5 Å². The van der Waals surface area contributed by atoms with E-state index >= 15 is 0 Å². The van der Waals surface area contributed by atoms with Crippen LogP contribution in [0.4, 0.5) is 0 Å². The molecule has 0 radical (unpaired) electrons. The molecule has 0 amide bonds. The van der Waals surface area contributed by atoms with E-state index in [9.17, 15) is 0 Å². The fraction of sp³-hybridized carbons (Fsp3) is 0. The van der Waals surface area contributed by atoms with Crippen LogP contribution in [-0.4, -0.2) is 24.5 Å². The second kappa shape index (κ2) is 10.9. The molecule has 0 unspecified atom stereocenters. The quantitative estimate of drug-likeness (QED) is 0.195. The molecule has 216 valence electrons. The van der Waals surface area contributed by atoms with E-state index in [2.05, 4.69) is 89.5 Å². The molecule has 0 aliphatic carbocycles. The molecule has 0 aliphatic rings. The maximum atomic E-state index is 5.02. The number of hydrogen-bond acceptors (Lipinski definition) is 5. The minimum atomic E-state index is 0.640. The van der Waals surface area contributed by atoms with Crippen LogP contribution in [0.1, 0.15) is 0 Å². The van der Waals surface area contributed by atoms with Crippen LogP contribution in [0, 0.1) is 0 Å². The van der Waals surface area contributed by atoms with Gasteiger partial charge in [0.15, 0.2) is 17.5 Å². The molecule has 3 aromatic heterocycles. The summed E-state index contributed by atoms with van der Waals surface area (Å²) in [6.45, 7) is 0. The first-order valence-electron chi connectivity index (χ1n) is 15.2. The number of thiazole rings is 1. The van der Waals surface area contributed by atoms with Gasteiger partial charge in [0.1, 0.15) is 5.01 Å². The first-order chi connectivity index (χ1) is 22.8. The van der Waals surface area contributed by atoms with E-state index in [0.29, 0.717) is 17.5 Å². The van der Waals surface area contributed by atoms with Crippen LogP contribution in [0.25, 0.3) is 82.4 Å². The van der Waals surface area contributed by atoms with Gasteiger partial charge in [-0.15, -0.1) is 11.3 Å². The second-order valence-corrected chi connectivity index (χ2v) is 12.1. The SMILES string of the molecule is c1ccc(-c2nc(-c3ccccc3)nc(-c3ccc(-n4c5ccccc5c5c6sc(-c7ccccc7)nc6ccc54)cc3)n2)cc1. The fourth-order valence-electron chi connectivity index (χ4n) is 6.12. The summed E-state index contributed by atoms with van der Waals surface area (Å²) in [5.41, 5.74) is 8.38. The van der Waals surface area contributed by atoms with E-state index in [0.717, 1.165) is 49.5 Å². The topological polar surface area (TPSA) is 56.5 Å². The van der Waals surface area contributed by atoms with Crippen molar-refractivity contribution in [2.24, 2.45) is 0 Å². The van der Waals surface area contributed by atoms with Gasteiger partial charge in [-0.2, -0.15) is 0 Å². The molecule has 0 saturated heterocycles. The molecule has 9 aromatic rings. The van der Waals surface area contributed by atoms with Crippen LogP contribution in [0.2, 0.25) is 0 Å². The molecule has 3 heterocycles.